The molecule has 0 saturated carbocycles. The highest BCUT2D eigenvalue weighted by molar-refractivity contribution is 9.10. The predicted molar refractivity (Wildman–Crippen MR) is 48.7 cm³/mol. The molecule has 0 atom stereocenters. The van der Waals surface area contributed by atoms with Crippen molar-refractivity contribution in [3.63, 3.8) is 0 Å². The van der Waals surface area contributed by atoms with Crippen molar-refractivity contribution in [3.05, 3.63) is 34.7 Å². The molecule has 0 radical (unpaired) electrons. The molecule has 0 unspecified atom stereocenters. The first kappa shape index (κ1) is 6.92. The zero-order valence-electron chi connectivity index (χ0n) is 6.10. The summed E-state index contributed by atoms with van der Waals surface area (Å²) in [4.78, 5) is 0. The maximum Gasteiger partial charge on any atom is 0.0983 e. The molecule has 0 aliphatic carbocycles. The number of hydrogen-bond donors (Lipinski definition) is 0. The van der Waals surface area contributed by atoms with Gasteiger partial charge in [-0.25, -0.2) is 0 Å². The summed E-state index contributed by atoms with van der Waals surface area (Å²) in [7, 11) is 0. The van der Waals surface area contributed by atoms with Crippen molar-refractivity contribution in [2.75, 3.05) is 0 Å². The zero-order chi connectivity index (χ0) is 7.84. The van der Waals surface area contributed by atoms with Crippen molar-refractivity contribution in [1.29, 1.82) is 0 Å². The Morgan fingerprint density at radius 2 is 2.09 bits per heavy atom. The second-order valence-electron chi connectivity index (χ2n) is 2.60. The van der Waals surface area contributed by atoms with Crippen molar-refractivity contribution in [3.8, 4) is 0 Å². The Morgan fingerprint density at radius 1 is 1.27 bits per heavy atom. The number of aryl methyl sites for hydroxylation is 1. The molecule has 0 fully saturated rings. The fourth-order valence-electron chi connectivity index (χ4n) is 1.21. The van der Waals surface area contributed by atoms with E-state index in [1.807, 2.05) is 6.07 Å². The van der Waals surface area contributed by atoms with Gasteiger partial charge in [0.1, 0.15) is 0 Å². The van der Waals surface area contributed by atoms with Gasteiger partial charge >= 0.3 is 0 Å². The number of halogens is 1. The molecule has 1 heterocycles. The van der Waals surface area contributed by atoms with Gasteiger partial charge in [-0.05, 0) is 24.6 Å². The van der Waals surface area contributed by atoms with Crippen LogP contribution >= 0.6 is 15.9 Å². The lowest BCUT2D eigenvalue weighted by Crippen LogP contribution is -1.72. The third kappa shape index (κ3) is 1.07. The minimum Gasteiger partial charge on any atom is -0.471 e. The molecule has 1 aromatic heterocycles. The molecule has 0 aliphatic rings. The Morgan fingerprint density at radius 3 is 2.91 bits per heavy atom. The highest BCUT2D eigenvalue weighted by Gasteiger charge is 1.99. The van der Waals surface area contributed by atoms with E-state index in [9.17, 15) is 0 Å². The monoisotopic (exact) mass is 210 g/mol. The third-order valence-electron chi connectivity index (χ3n) is 1.76. The van der Waals surface area contributed by atoms with Gasteiger partial charge < -0.3 is 4.42 Å². The molecule has 0 spiro atoms. The van der Waals surface area contributed by atoms with Gasteiger partial charge in [0.15, 0.2) is 0 Å². The molecule has 2 rings (SSSR count). The maximum absolute atomic E-state index is 5.08. The summed E-state index contributed by atoms with van der Waals surface area (Å²) >= 11 is 3.43. The van der Waals surface area contributed by atoms with E-state index in [-0.39, 0.29) is 0 Å². The van der Waals surface area contributed by atoms with Crippen LogP contribution in [0.5, 0.6) is 0 Å². The first-order chi connectivity index (χ1) is 5.27. The molecule has 1 nitrogen and oxygen atoms in total. The van der Waals surface area contributed by atoms with Gasteiger partial charge in [0.25, 0.3) is 0 Å². The first-order valence-electron chi connectivity index (χ1n) is 3.39. The summed E-state index contributed by atoms with van der Waals surface area (Å²) in [6, 6.07) is 4.13. The quantitative estimate of drug-likeness (QED) is 0.649. The van der Waals surface area contributed by atoms with E-state index in [1.54, 1.807) is 12.5 Å². The molecular formula is C9H7BrO. The number of rotatable bonds is 0. The van der Waals surface area contributed by atoms with Crippen molar-refractivity contribution >= 4 is 26.7 Å². The minimum absolute atomic E-state index is 1.10. The molecule has 0 amide bonds. The average molecular weight is 211 g/mol. The SMILES string of the molecule is Cc1cc(Br)cc2cocc12. The molecule has 2 aromatic rings. The molecule has 0 aliphatic heterocycles. The lowest BCUT2D eigenvalue weighted by atomic mass is 10.1. The summed E-state index contributed by atoms with van der Waals surface area (Å²) in [5.41, 5.74) is 1.24. The van der Waals surface area contributed by atoms with E-state index in [2.05, 4.69) is 28.9 Å². The molecule has 0 saturated heterocycles. The summed E-state index contributed by atoms with van der Waals surface area (Å²) in [6.45, 7) is 2.07. The van der Waals surface area contributed by atoms with Crippen LogP contribution in [0.3, 0.4) is 0 Å². The Hall–Kier alpha value is -0.760. The van der Waals surface area contributed by atoms with Crippen LogP contribution in [0.15, 0.2) is 33.5 Å². The van der Waals surface area contributed by atoms with Gasteiger partial charge in [-0.1, -0.05) is 15.9 Å². The van der Waals surface area contributed by atoms with Crippen LogP contribution in [-0.4, -0.2) is 0 Å². The van der Waals surface area contributed by atoms with E-state index >= 15 is 0 Å². The largest absolute Gasteiger partial charge is 0.471 e. The number of benzene rings is 1. The van der Waals surface area contributed by atoms with Crippen LogP contribution in [0.25, 0.3) is 10.8 Å². The second-order valence-corrected chi connectivity index (χ2v) is 3.51. The minimum atomic E-state index is 1.10. The van der Waals surface area contributed by atoms with Gasteiger partial charge in [0.05, 0.1) is 12.5 Å². The van der Waals surface area contributed by atoms with Crippen molar-refractivity contribution in [2.24, 2.45) is 0 Å². The normalized spacial score (nSPS) is 10.7. The average Bonchev–Trinajstić information content (AvgIpc) is 2.34. The molecule has 0 bridgehead atoms. The van der Waals surface area contributed by atoms with Crippen LogP contribution in [-0.2, 0) is 0 Å². The van der Waals surface area contributed by atoms with Gasteiger partial charge in [-0.2, -0.15) is 0 Å². The lowest BCUT2D eigenvalue weighted by Gasteiger charge is -1.94. The number of hydrogen-bond acceptors (Lipinski definition) is 1. The predicted octanol–water partition coefficient (Wildman–Crippen LogP) is 3.50. The highest BCUT2D eigenvalue weighted by atomic mass is 79.9. The summed E-state index contributed by atoms with van der Waals surface area (Å²) in [6.07, 6.45) is 3.53. The van der Waals surface area contributed by atoms with Gasteiger partial charge in [-0.3, -0.25) is 0 Å². The Kier molecular flexibility index (Phi) is 1.50. The van der Waals surface area contributed by atoms with E-state index in [0.29, 0.717) is 0 Å². The fraction of sp³-hybridized carbons (Fsp3) is 0.111. The maximum atomic E-state index is 5.08. The Bertz CT molecular complexity index is 389. The second kappa shape index (κ2) is 2.38. The number of furan rings is 1. The Labute approximate surface area is 73.1 Å². The zero-order valence-corrected chi connectivity index (χ0v) is 7.68. The summed E-state index contributed by atoms with van der Waals surface area (Å²) in [5, 5.41) is 2.34. The smallest absolute Gasteiger partial charge is 0.0983 e. The van der Waals surface area contributed by atoms with E-state index in [4.69, 9.17) is 4.42 Å². The highest BCUT2D eigenvalue weighted by Crippen LogP contribution is 2.24. The van der Waals surface area contributed by atoms with Gasteiger partial charge in [-0.15, -0.1) is 0 Å². The van der Waals surface area contributed by atoms with Crippen LogP contribution in [0, 0.1) is 6.92 Å². The standard InChI is InChI=1S/C9H7BrO/c1-6-2-8(10)3-7-4-11-5-9(6)7/h2-5H,1H3. The summed E-state index contributed by atoms with van der Waals surface area (Å²) in [5.74, 6) is 0. The van der Waals surface area contributed by atoms with Crippen molar-refractivity contribution in [2.45, 2.75) is 6.92 Å². The van der Waals surface area contributed by atoms with Crippen molar-refractivity contribution in [1.82, 2.24) is 0 Å². The third-order valence-corrected chi connectivity index (χ3v) is 2.22. The van der Waals surface area contributed by atoms with Crippen LogP contribution < -0.4 is 0 Å². The van der Waals surface area contributed by atoms with E-state index < -0.39 is 0 Å². The van der Waals surface area contributed by atoms with Crippen LogP contribution in [0.2, 0.25) is 0 Å². The lowest BCUT2D eigenvalue weighted by molar-refractivity contribution is 0.572. The Balaban J connectivity index is 2.91. The van der Waals surface area contributed by atoms with Crippen LogP contribution in [0.4, 0.5) is 0 Å². The molecular weight excluding hydrogens is 204 g/mol. The summed E-state index contributed by atoms with van der Waals surface area (Å²) < 4.78 is 6.18. The van der Waals surface area contributed by atoms with Gasteiger partial charge in [0.2, 0.25) is 0 Å². The van der Waals surface area contributed by atoms with Gasteiger partial charge in [0, 0.05) is 15.2 Å². The molecule has 0 N–H and O–H groups in total. The molecule has 1 aromatic carbocycles. The molecule has 56 valence electrons. The van der Waals surface area contributed by atoms with Crippen LogP contribution in [0.1, 0.15) is 5.56 Å². The first-order valence-corrected chi connectivity index (χ1v) is 4.19. The van der Waals surface area contributed by atoms with E-state index in [0.717, 1.165) is 9.86 Å². The van der Waals surface area contributed by atoms with E-state index in [1.165, 1.54) is 10.9 Å². The number of fused-ring (bicyclic) bond motifs is 1. The fourth-order valence-corrected chi connectivity index (χ4v) is 1.80. The topological polar surface area (TPSA) is 13.1 Å². The molecule has 11 heavy (non-hydrogen) atoms. The van der Waals surface area contributed by atoms with Crippen molar-refractivity contribution < 1.29 is 4.42 Å². The molecule has 2 heteroatoms.